The van der Waals surface area contributed by atoms with Gasteiger partial charge in [-0.2, -0.15) is 0 Å². The van der Waals surface area contributed by atoms with Crippen LogP contribution in [-0.4, -0.2) is 11.2 Å². The van der Waals surface area contributed by atoms with Gasteiger partial charge in [-0.05, 0) is 36.8 Å². The van der Waals surface area contributed by atoms with Gasteiger partial charge in [0, 0.05) is 10.3 Å². The number of allylic oxidation sites excluding steroid dienone is 1. The van der Waals surface area contributed by atoms with Crippen molar-refractivity contribution in [3.8, 4) is 0 Å². The molecule has 1 aromatic rings. The minimum absolute atomic E-state index is 0.119. The van der Waals surface area contributed by atoms with Crippen LogP contribution in [0.3, 0.4) is 0 Å². The van der Waals surface area contributed by atoms with Crippen LogP contribution in [0, 0.1) is 11.3 Å². The summed E-state index contributed by atoms with van der Waals surface area (Å²) >= 11 is 1.74. The summed E-state index contributed by atoms with van der Waals surface area (Å²) in [5, 5.41) is 11.7. The first-order chi connectivity index (χ1) is 7.63. The quantitative estimate of drug-likeness (QED) is 0.802. The summed E-state index contributed by atoms with van der Waals surface area (Å²) in [5.41, 5.74) is 0.119. The molecule has 1 aliphatic rings. The van der Waals surface area contributed by atoms with E-state index >= 15 is 0 Å². The van der Waals surface area contributed by atoms with Crippen molar-refractivity contribution in [1.82, 2.24) is 0 Å². The maximum absolute atomic E-state index is 9.60. The Kier molecular flexibility index (Phi) is 3.41. The van der Waals surface area contributed by atoms with Crippen LogP contribution in [0.15, 0.2) is 46.7 Å². The van der Waals surface area contributed by atoms with E-state index < -0.39 is 0 Å². The number of aliphatic hydroxyl groups excluding tert-OH is 1. The summed E-state index contributed by atoms with van der Waals surface area (Å²) < 4.78 is 0. The Labute approximate surface area is 102 Å². The summed E-state index contributed by atoms with van der Waals surface area (Å²) in [6.45, 7) is 4.04. The van der Waals surface area contributed by atoms with Gasteiger partial charge in [0.25, 0.3) is 0 Å². The topological polar surface area (TPSA) is 20.2 Å². The molecular weight excluding hydrogens is 216 g/mol. The molecule has 2 rings (SSSR count). The molecule has 0 aromatic heterocycles. The van der Waals surface area contributed by atoms with E-state index in [-0.39, 0.29) is 11.5 Å². The summed E-state index contributed by atoms with van der Waals surface area (Å²) in [4.78, 5) is 1.26. The monoisotopic (exact) mass is 234 g/mol. The number of aliphatic hydroxyl groups is 1. The maximum atomic E-state index is 9.60. The lowest BCUT2D eigenvalue weighted by Gasteiger charge is -2.12. The zero-order valence-electron chi connectivity index (χ0n) is 9.76. The fraction of sp³-hybridized carbons (Fsp3) is 0.429. The van der Waals surface area contributed by atoms with Crippen LogP contribution in [0.4, 0.5) is 0 Å². The van der Waals surface area contributed by atoms with Gasteiger partial charge in [-0.15, -0.1) is 0 Å². The second-order valence-electron chi connectivity index (χ2n) is 4.75. The van der Waals surface area contributed by atoms with Gasteiger partial charge in [0.1, 0.15) is 0 Å². The van der Waals surface area contributed by atoms with Gasteiger partial charge >= 0.3 is 0 Å². The van der Waals surface area contributed by atoms with E-state index in [0.717, 1.165) is 6.42 Å². The summed E-state index contributed by atoms with van der Waals surface area (Å²) in [7, 11) is 0. The fourth-order valence-electron chi connectivity index (χ4n) is 1.89. The smallest absolute Gasteiger partial charge is 0.0571 e. The molecule has 3 atom stereocenters. The minimum atomic E-state index is -0.205. The zero-order chi connectivity index (χ0) is 11.6. The SMILES string of the molecule is CC(O)C1(C)CC1/C=C/Sc1ccccc1. The molecule has 1 aromatic carbocycles. The van der Waals surface area contributed by atoms with E-state index in [4.69, 9.17) is 0 Å². The van der Waals surface area contributed by atoms with E-state index in [9.17, 15) is 5.11 Å². The predicted molar refractivity (Wildman–Crippen MR) is 69.3 cm³/mol. The van der Waals surface area contributed by atoms with Crippen LogP contribution in [0.1, 0.15) is 20.3 Å². The average Bonchev–Trinajstić information content (AvgIpc) is 2.93. The second-order valence-corrected chi connectivity index (χ2v) is 5.73. The Morgan fingerprint density at radius 3 is 2.69 bits per heavy atom. The van der Waals surface area contributed by atoms with Gasteiger partial charge in [-0.1, -0.05) is 43.0 Å². The minimum Gasteiger partial charge on any atom is -0.393 e. The van der Waals surface area contributed by atoms with Gasteiger partial charge in [-0.3, -0.25) is 0 Å². The first kappa shape index (κ1) is 11.7. The first-order valence-electron chi connectivity index (χ1n) is 5.69. The lowest BCUT2D eigenvalue weighted by Crippen LogP contribution is -2.15. The van der Waals surface area contributed by atoms with Crippen molar-refractivity contribution in [3.63, 3.8) is 0 Å². The van der Waals surface area contributed by atoms with Crippen LogP contribution in [-0.2, 0) is 0 Å². The molecule has 0 spiro atoms. The Hall–Kier alpha value is -0.730. The van der Waals surface area contributed by atoms with Gasteiger partial charge < -0.3 is 5.11 Å². The molecule has 86 valence electrons. The van der Waals surface area contributed by atoms with Crippen LogP contribution in [0.2, 0.25) is 0 Å². The molecule has 1 aliphatic carbocycles. The highest BCUT2D eigenvalue weighted by molar-refractivity contribution is 8.02. The molecule has 1 saturated carbocycles. The molecule has 0 saturated heterocycles. The van der Waals surface area contributed by atoms with Gasteiger partial charge in [-0.25, -0.2) is 0 Å². The molecule has 0 bridgehead atoms. The summed E-state index contributed by atoms with van der Waals surface area (Å²) in [6, 6.07) is 10.3. The van der Waals surface area contributed by atoms with Crippen molar-refractivity contribution in [2.75, 3.05) is 0 Å². The number of hydrogen-bond acceptors (Lipinski definition) is 2. The lowest BCUT2D eigenvalue weighted by atomic mass is 10.0. The zero-order valence-corrected chi connectivity index (χ0v) is 10.6. The molecule has 0 aliphatic heterocycles. The number of rotatable bonds is 4. The fourth-order valence-corrected chi connectivity index (χ4v) is 2.63. The van der Waals surface area contributed by atoms with E-state index in [2.05, 4.69) is 30.5 Å². The molecule has 1 fully saturated rings. The van der Waals surface area contributed by atoms with Crippen molar-refractivity contribution in [3.05, 3.63) is 41.8 Å². The highest BCUT2D eigenvalue weighted by Gasteiger charge is 2.51. The van der Waals surface area contributed by atoms with Crippen LogP contribution < -0.4 is 0 Å². The van der Waals surface area contributed by atoms with Crippen LogP contribution in [0.5, 0.6) is 0 Å². The maximum Gasteiger partial charge on any atom is 0.0571 e. The molecular formula is C14H18OS. The van der Waals surface area contributed by atoms with Crippen molar-refractivity contribution in [2.45, 2.75) is 31.3 Å². The third-order valence-electron chi connectivity index (χ3n) is 3.56. The molecule has 16 heavy (non-hydrogen) atoms. The molecule has 0 heterocycles. The van der Waals surface area contributed by atoms with E-state index in [1.54, 1.807) is 11.8 Å². The van der Waals surface area contributed by atoms with Crippen LogP contribution in [0.25, 0.3) is 0 Å². The van der Waals surface area contributed by atoms with Crippen molar-refractivity contribution in [2.24, 2.45) is 11.3 Å². The van der Waals surface area contributed by atoms with Gasteiger partial charge in [0.05, 0.1) is 6.10 Å². The summed E-state index contributed by atoms with van der Waals surface area (Å²) in [6.07, 6.45) is 3.13. The molecule has 1 nitrogen and oxygen atoms in total. The Bertz CT molecular complexity index is 372. The number of benzene rings is 1. The first-order valence-corrected chi connectivity index (χ1v) is 6.57. The second kappa shape index (κ2) is 4.64. The third kappa shape index (κ3) is 2.50. The van der Waals surface area contributed by atoms with Crippen LogP contribution >= 0.6 is 11.8 Å². The third-order valence-corrected chi connectivity index (χ3v) is 4.40. The average molecular weight is 234 g/mol. The number of hydrogen-bond donors (Lipinski definition) is 1. The van der Waals surface area contributed by atoms with Crippen molar-refractivity contribution < 1.29 is 5.11 Å². The van der Waals surface area contributed by atoms with E-state index in [0.29, 0.717) is 5.92 Å². The lowest BCUT2D eigenvalue weighted by molar-refractivity contribution is 0.115. The Morgan fingerprint density at radius 1 is 1.44 bits per heavy atom. The Morgan fingerprint density at radius 2 is 2.12 bits per heavy atom. The highest BCUT2D eigenvalue weighted by atomic mass is 32.2. The molecule has 0 radical (unpaired) electrons. The van der Waals surface area contributed by atoms with E-state index in [1.165, 1.54) is 4.90 Å². The molecule has 3 unspecified atom stereocenters. The predicted octanol–water partition coefficient (Wildman–Crippen LogP) is 3.70. The molecule has 1 N–H and O–H groups in total. The van der Waals surface area contributed by atoms with Crippen molar-refractivity contribution >= 4 is 11.8 Å². The number of thioether (sulfide) groups is 1. The van der Waals surface area contributed by atoms with Crippen molar-refractivity contribution in [1.29, 1.82) is 0 Å². The van der Waals surface area contributed by atoms with Gasteiger partial charge in [0.2, 0.25) is 0 Å². The normalized spacial score (nSPS) is 30.6. The highest BCUT2D eigenvalue weighted by Crippen LogP contribution is 2.55. The molecule has 0 amide bonds. The summed E-state index contributed by atoms with van der Waals surface area (Å²) in [5.74, 6) is 0.545. The standard InChI is InChI=1S/C14H18OS/c1-11(15)14(2)10-12(14)8-9-16-13-6-4-3-5-7-13/h3-9,11-12,15H,10H2,1-2H3/b9-8+. The van der Waals surface area contributed by atoms with Gasteiger partial charge in [0.15, 0.2) is 0 Å². The van der Waals surface area contributed by atoms with E-state index in [1.807, 2.05) is 25.1 Å². The largest absolute Gasteiger partial charge is 0.393 e. The molecule has 2 heteroatoms. The Balaban J connectivity index is 1.84.